The number of fused-ring (bicyclic) bond motifs is 1. The summed E-state index contributed by atoms with van der Waals surface area (Å²) in [4.78, 5) is 45.1. The largest absolute Gasteiger partial charge is 0.457 e. The second kappa shape index (κ2) is 32.7. The summed E-state index contributed by atoms with van der Waals surface area (Å²) in [5.41, 5.74) is 11.7. The first-order valence-corrected chi connectivity index (χ1v) is 25.2. The summed E-state index contributed by atoms with van der Waals surface area (Å²) in [6, 6.07) is 27.7. The average molecular weight is 1090 g/mol. The van der Waals surface area contributed by atoms with Crippen molar-refractivity contribution in [2.45, 2.75) is 89.5 Å². The number of carbonyl (C=O) groups is 2. The number of amides is 2. The van der Waals surface area contributed by atoms with Gasteiger partial charge in [0.15, 0.2) is 0 Å². The number of hydrogen-bond acceptors (Lipinski definition) is 14. The molecule has 0 aliphatic carbocycles. The maximum Gasteiger partial charge on any atom is 0.239 e. The van der Waals surface area contributed by atoms with Gasteiger partial charge in [-0.05, 0) is 122 Å². The fourth-order valence-corrected chi connectivity index (χ4v) is 7.45. The molecule has 7 rings (SSSR count). The lowest BCUT2D eigenvalue weighted by Gasteiger charge is -2.17. The second-order valence-corrected chi connectivity index (χ2v) is 17.9. The maximum atomic E-state index is 14.5. The van der Waals surface area contributed by atoms with Gasteiger partial charge in [-0.1, -0.05) is 89.8 Å². The monoisotopic (exact) mass is 1090 g/mol. The van der Waals surface area contributed by atoms with Gasteiger partial charge in [-0.3, -0.25) is 19.4 Å². The molecule has 3 aromatic heterocycles. The number of benzene rings is 4. The zero-order valence-corrected chi connectivity index (χ0v) is 45.1. The van der Waals surface area contributed by atoms with Crippen molar-refractivity contribution in [3.05, 3.63) is 132 Å². The number of aliphatic imine (C=N–C) groups is 1. The predicted octanol–water partition coefficient (Wildman–Crippen LogP) is 14.4. The summed E-state index contributed by atoms with van der Waals surface area (Å²) in [6.45, 7) is 20.2. The van der Waals surface area contributed by atoms with Gasteiger partial charge >= 0.3 is 0 Å². The van der Waals surface area contributed by atoms with Crippen LogP contribution < -0.4 is 36.5 Å². The van der Waals surface area contributed by atoms with Crippen LogP contribution in [0.4, 0.5) is 49.1 Å². The van der Waals surface area contributed by atoms with Crippen LogP contribution in [0.3, 0.4) is 0 Å². The summed E-state index contributed by atoms with van der Waals surface area (Å²) in [5, 5.41) is 13.9. The van der Waals surface area contributed by atoms with Crippen LogP contribution in [0, 0.1) is 11.6 Å². The van der Waals surface area contributed by atoms with E-state index in [0.717, 1.165) is 48.5 Å². The number of ether oxygens (including phenoxy) is 2. The molecule has 0 aliphatic rings. The third-order valence-corrected chi connectivity index (χ3v) is 11.9. The Morgan fingerprint density at radius 2 is 1.17 bits per heavy atom. The fourth-order valence-electron chi connectivity index (χ4n) is 7.35. The van der Waals surface area contributed by atoms with Crippen LogP contribution in [0.25, 0.3) is 11.0 Å². The molecule has 16 nitrogen and oxygen atoms in total. The number of nitrogens with two attached hydrogens (primary N) is 1. The van der Waals surface area contributed by atoms with Crippen LogP contribution in [-0.2, 0) is 16.6 Å². The molecule has 4 aromatic carbocycles. The van der Waals surface area contributed by atoms with Crippen LogP contribution >= 0.6 is 12.2 Å². The van der Waals surface area contributed by atoms with Gasteiger partial charge in [0.25, 0.3) is 0 Å². The lowest BCUT2D eigenvalue weighted by atomic mass is 10.0. The SMILES string of the molecule is C.C.C.CC(C)c1ccc(F)c(N=C=S)c1.CCN(CC)CC(=O)Nc1cc(Oc2ccc(NC)c(N)c2)ccn1.CCN(CC)CC(=O)Nc1cc(Oc2ccc3c(c2)nc(Nc2cc(C(C)C)ccc2F)n3C)ccn1. The average Bonchev–Trinajstić information content (AvgIpc) is 3.70. The van der Waals surface area contributed by atoms with Crippen LogP contribution in [-0.4, -0.2) is 92.6 Å². The molecule has 0 saturated carbocycles. The first kappa shape index (κ1) is 66.3. The lowest BCUT2D eigenvalue weighted by Crippen LogP contribution is -2.33. The quantitative estimate of drug-likeness (QED) is 0.0276. The Morgan fingerprint density at radius 3 is 1.65 bits per heavy atom. The standard InChI is InChI=1S/C28H33FN6O2.C18H25N5O2.C10H10FNS.3CH4/c1-6-35(7-2)17-27(36)33-26-16-21(12-13-30-26)37-20-9-11-25-24(15-20)32-28(34(25)5)31-23-14-19(18(3)4)8-10-22(23)29;1-4-23(5-2)12-18(24)22-17-11-14(8-9-21-17)25-13-6-7-16(20-3)15(19)10-13;1-7(2)8-3-4-9(11)10(5-8)12-6-13;;;/h8-16,18H,6-7,17H2,1-5H3,(H,31,32)(H,30,33,36);6-11,20H,4-5,12,19H2,1-3H3,(H,21,22,24);3-5,7H,1-2H3;3*1H4. The van der Waals surface area contributed by atoms with E-state index >= 15 is 0 Å². The van der Waals surface area contributed by atoms with E-state index in [4.69, 9.17) is 15.2 Å². The molecular weight excluding hydrogens is 1010 g/mol. The lowest BCUT2D eigenvalue weighted by molar-refractivity contribution is -0.118. The van der Waals surface area contributed by atoms with Gasteiger partial charge in [-0.25, -0.2) is 23.7 Å². The number of thiocarbonyl (C=S) groups is 1. The van der Waals surface area contributed by atoms with Crippen molar-refractivity contribution in [3.8, 4) is 23.0 Å². The number of likely N-dealkylation sites (N-methyl/N-ethyl adjacent to an activating group) is 2. The van der Waals surface area contributed by atoms with Crippen LogP contribution in [0.2, 0.25) is 0 Å². The molecule has 3 heterocycles. The fraction of sp³-hybridized carbons (Fsp3) is 0.356. The molecule has 0 aliphatic heterocycles. The van der Waals surface area contributed by atoms with E-state index in [9.17, 15) is 18.4 Å². The molecule has 0 saturated heterocycles. The molecule has 7 aromatic rings. The zero-order chi connectivity index (χ0) is 54.6. The molecule has 78 heavy (non-hydrogen) atoms. The topological polar surface area (TPSA) is 189 Å². The van der Waals surface area contributed by atoms with E-state index in [0.29, 0.717) is 76.5 Å². The van der Waals surface area contributed by atoms with Crippen molar-refractivity contribution < 1.29 is 27.8 Å². The van der Waals surface area contributed by atoms with Crippen molar-refractivity contribution in [1.82, 2.24) is 29.3 Å². The molecule has 19 heteroatoms. The second-order valence-electron chi connectivity index (χ2n) is 17.7. The molecule has 0 bridgehead atoms. The third-order valence-electron chi connectivity index (χ3n) is 11.8. The molecule has 2 amide bonds. The molecule has 6 N–H and O–H groups in total. The van der Waals surface area contributed by atoms with Crippen molar-refractivity contribution in [1.29, 1.82) is 0 Å². The van der Waals surface area contributed by atoms with Gasteiger partial charge in [0.1, 0.15) is 52.0 Å². The van der Waals surface area contributed by atoms with E-state index in [2.05, 4.69) is 72.4 Å². The number of nitrogen functional groups attached to an aromatic ring is 1. The number of pyridine rings is 2. The van der Waals surface area contributed by atoms with Gasteiger partial charge in [0.05, 0.1) is 46.3 Å². The number of hydrogen-bond donors (Lipinski definition) is 5. The maximum absolute atomic E-state index is 14.5. The molecule has 0 radical (unpaired) electrons. The molecule has 0 fully saturated rings. The highest BCUT2D eigenvalue weighted by atomic mass is 32.1. The van der Waals surface area contributed by atoms with Crippen molar-refractivity contribution in [3.63, 3.8) is 0 Å². The molecular formula is C59H80F2N12O4S. The third kappa shape index (κ3) is 19.6. The summed E-state index contributed by atoms with van der Waals surface area (Å²) >= 11 is 4.42. The number of nitrogens with zero attached hydrogens (tertiary/aromatic N) is 7. The summed E-state index contributed by atoms with van der Waals surface area (Å²) in [6.07, 6.45) is 3.18. The molecule has 420 valence electrons. The van der Waals surface area contributed by atoms with Gasteiger partial charge in [0, 0.05) is 50.8 Å². The van der Waals surface area contributed by atoms with E-state index < -0.39 is 0 Å². The minimum absolute atomic E-state index is 0. The van der Waals surface area contributed by atoms with Crippen LogP contribution in [0.1, 0.15) is 101 Å². The molecule has 0 atom stereocenters. The highest BCUT2D eigenvalue weighted by Gasteiger charge is 2.15. The van der Waals surface area contributed by atoms with Crippen molar-refractivity contribution in [2.75, 3.05) is 73.3 Å². The Labute approximate surface area is 465 Å². The first-order chi connectivity index (χ1) is 36.0. The highest BCUT2D eigenvalue weighted by molar-refractivity contribution is 7.78. The van der Waals surface area contributed by atoms with E-state index in [1.807, 2.05) is 106 Å². The van der Waals surface area contributed by atoms with Gasteiger partial charge in [-0.15, -0.1) is 0 Å². The Morgan fingerprint density at radius 1 is 0.679 bits per heavy atom. The van der Waals surface area contributed by atoms with Gasteiger partial charge in [0.2, 0.25) is 17.8 Å². The van der Waals surface area contributed by atoms with E-state index in [-0.39, 0.29) is 57.3 Å². The number of carbonyl (C=O) groups excluding carboxylic acids is 2. The summed E-state index contributed by atoms with van der Waals surface area (Å²) < 4.78 is 41.2. The number of halogens is 2. The Hall–Kier alpha value is -7.83. The summed E-state index contributed by atoms with van der Waals surface area (Å²) in [5.74, 6) is 3.42. The van der Waals surface area contributed by atoms with E-state index in [1.54, 1.807) is 60.9 Å². The molecule has 0 spiro atoms. The number of aromatic nitrogens is 4. The number of nitrogens with one attached hydrogen (secondary N) is 4. The molecule has 0 unspecified atom stereocenters. The number of isothiocyanates is 1. The number of anilines is 6. The number of imidazole rings is 1. The Bertz CT molecular complexity index is 3070. The number of aryl methyl sites for hydroxylation is 1. The Kier molecular flexibility index (Phi) is 27.8. The van der Waals surface area contributed by atoms with Crippen molar-refractivity contribution in [2.24, 2.45) is 12.0 Å². The van der Waals surface area contributed by atoms with Crippen LogP contribution in [0.5, 0.6) is 23.0 Å². The predicted molar refractivity (Wildman–Crippen MR) is 322 cm³/mol. The van der Waals surface area contributed by atoms with Gasteiger partial charge in [-0.2, -0.15) is 4.99 Å². The smallest absolute Gasteiger partial charge is 0.239 e. The summed E-state index contributed by atoms with van der Waals surface area (Å²) in [7, 11) is 3.68. The zero-order valence-electron chi connectivity index (χ0n) is 44.3. The van der Waals surface area contributed by atoms with Crippen molar-refractivity contribution >= 4 is 80.6 Å². The highest BCUT2D eigenvalue weighted by Crippen LogP contribution is 2.32. The normalized spacial score (nSPS) is 10.4. The first-order valence-electron chi connectivity index (χ1n) is 24.8. The Balaban J connectivity index is 0.000000439. The van der Waals surface area contributed by atoms with Crippen LogP contribution in [0.15, 0.2) is 114 Å². The minimum atomic E-state index is -0.359. The van der Waals surface area contributed by atoms with E-state index in [1.165, 1.54) is 12.1 Å². The number of rotatable bonds is 20. The van der Waals surface area contributed by atoms with Gasteiger partial charge < -0.3 is 41.0 Å². The minimum Gasteiger partial charge on any atom is -0.457 e.